The molecule has 86 valence electrons. The summed E-state index contributed by atoms with van der Waals surface area (Å²) in [5.74, 6) is 0.126. The largest absolute Gasteiger partial charge is 0.336 e. The highest BCUT2D eigenvalue weighted by molar-refractivity contribution is 9.10. The van der Waals surface area contributed by atoms with Crippen molar-refractivity contribution >= 4 is 21.8 Å². The Hall–Kier alpha value is -0.870. The zero-order valence-electron chi connectivity index (χ0n) is 9.32. The second kappa shape index (κ2) is 4.97. The normalized spacial score (nSPS) is 17.5. The third kappa shape index (κ3) is 2.44. The number of halogens is 1. The van der Waals surface area contributed by atoms with Crippen LogP contribution in [0.4, 0.5) is 0 Å². The molecule has 4 heteroatoms. The van der Waals surface area contributed by atoms with Crippen molar-refractivity contribution in [2.75, 3.05) is 33.2 Å². The van der Waals surface area contributed by atoms with E-state index in [-0.39, 0.29) is 5.91 Å². The van der Waals surface area contributed by atoms with E-state index in [0.29, 0.717) is 0 Å². The van der Waals surface area contributed by atoms with Crippen LogP contribution in [0.2, 0.25) is 0 Å². The Labute approximate surface area is 104 Å². The van der Waals surface area contributed by atoms with E-state index >= 15 is 0 Å². The number of rotatable bonds is 1. The van der Waals surface area contributed by atoms with Crippen molar-refractivity contribution in [3.63, 3.8) is 0 Å². The van der Waals surface area contributed by atoms with Gasteiger partial charge in [-0.25, -0.2) is 0 Å². The fourth-order valence-electron chi connectivity index (χ4n) is 1.81. The third-order valence-corrected chi connectivity index (χ3v) is 3.59. The highest BCUT2D eigenvalue weighted by atomic mass is 79.9. The monoisotopic (exact) mass is 282 g/mol. The van der Waals surface area contributed by atoms with Crippen molar-refractivity contribution < 1.29 is 4.79 Å². The zero-order valence-corrected chi connectivity index (χ0v) is 10.9. The van der Waals surface area contributed by atoms with Gasteiger partial charge >= 0.3 is 0 Å². The second-order valence-electron chi connectivity index (χ2n) is 4.08. The Morgan fingerprint density at radius 3 is 2.44 bits per heavy atom. The molecule has 1 aromatic rings. The smallest absolute Gasteiger partial charge is 0.255 e. The molecule has 1 aromatic carbocycles. The molecule has 0 N–H and O–H groups in total. The molecule has 0 radical (unpaired) electrons. The maximum Gasteiger partial charge on any atom is 0.255 e. The van der Waals surface area contributed by atoms with Crippen LogP contribution in [0.15, 0.2) is 28.7 Å². The third-order valence-electron chi connectivity index (χ3n) is 2.89. The first-order valence-electron chi connectivity index (χ1n) is 5.41. The lowest BCUT2D eigenvalue weighted by atomic mass is 10.2. The molecule has 0 atom stereocenters. The van der Waals surface area contributed by atoms with E-state index in [1.54, 1.807) is 0 Å². The molecule has 3 nitrogen and oxygen atoms in total. The van der Waals surface area contributed by atoms with Gasteiger partial charge in [0.25, 0.3) is 5.91 Å². The summed E-state index contributed by atoms with van der Waals surface area (Å²) >= 11 is 3.42. The van der Waals surface area contributed by atoms with E-state index in [0.717, 1.165) is 36.2 Å². The van der Waals surface area contributed by atoms with E-state index in [1.165, 1.54) is 0 Å². The summed E-state index contributed by atoms with van der Waals surface area (Å²) in [6.07, 6.45) is 0. The zero-order chi connectivity index (χ0) is 11.5. The standard InChI is InChI=1S/C12H15BrN2O/c1-14-6-8-15(9-7-14)12(16)10-4-2-3-5-11(10)13/h2-5H,6-9H2,1H3. The molecule has 0 unspecified atom stereocenters. The summed E-state index contributed by atoms with van der Waals surface area (Å²) in [4.78, 5) is 16.4. The molecule has 16 heavy (non-hydrogen) atoms. The minimum atomic E-state index is 0.126. The summed E-state index contributed by atoms with van der Waals surface area (Å²) in [5.41, 5.74) is 0.757. The number of hydrogen-bond donors (Lipinski definition) is 0. The molecule has 0 aliphatic carbocycles. The van der Waals surface area contributed by atoms with E-state index in [2.05, 4.69) is 27.9 Å². The summed E-state index contributed by atoms with van der Waals surface area (Å²) in [7, 11) is 2.08. The molecule has 1 amide bonds. The number of likely N-dealkylation sites (N-methyl/N-ethyl adjacent to an activating group) is 1. The summed E-state index contributed by atoms with van der Waals surface area (Å²) in [6.45, 7) is 3.54. The molecular weight excluding hydrogens is 268 g/mol. The maximum absolute atomic E-state index is 12.2. The highest BCUT2D eigenvalue weighted by Gasteiger charge is 2.21. The van der Waals surface area contributed by atoms with Gasteiger partial charge in [0.1, 0.15) is 0 Å². The topological polar surface area (TPSA) is 23.6 Å². The minimum absolute atomic E-state index is 0.126. The van der Waals surface area contributed by atoms with Crippen molar-refractivity contribution in [2.24, 2.45) is 0 Å². The molecule has 0 bridgehead atoms. The van der Waals surface area contributed by atoms with Gasteiger partial charge in [-0.05, 0) is 35.1 Å². The number of carbonyl (C=O) groups excluding carboxylic acids is 1. The number of amides is 1. The Morgan fingerprint density at radius 1 is 1.19 bits per heavy atom. The fraction of sp³-hybridized carbons (Fsp3) is 0.417. The van der Waals surface area contributed by atoms with Crippen LogP contribution in [0.25, 0.3) is 0 Å². The van der Waals surface area contributed by atoms with Gasteiger partial charge in [-0.2, -0.15) is 0 Å². The molecule has 0 spiro atoms. The average molecular weight is 283 g/mol. The van der Waals surface area contributed by atoms with Crippen LogP contribution in [0, 0.1) is 0 Å². The van der Waals surface area contributed by atoms with Gasteiger partial charge in [-0.15, -0.1) is 0 Å². The second-order valence-corrected chi connectivity index (χ2v) is 4.93. The lowest BCUT2D eigenvalue weighted by Gasteiger charge is -2.32. The number of hydrogen-bond acceptors (Lipinski definition) is 2. The van der Waals surface area contributed by atoms with Crippen LogP contribution in [-0.4, -0.2) is 48.9 Å². The Kier molecular flexibility index (Phi) is 3.61. The molecule has 1 fully saturated rings. The first-order chi connectivity index (χ1) is 7.68. The Bertz CT molecular complexity index is 386. The number of carbonyl (C=O) groups is 1. The van der Waals surface area contributed by atoms with Crippen molar-refractivity contribution in [1.82, 2.24) is 9.80 Å². The molecule has 1 aliphatic heterocycles. The van der Waals surface area contributed by atoms with Crippen LogP contribution in [0.5, 0.6) is 0 Å². The van der Waals surface area contributed by atoms with Gasteiger partial charge in [0.05, 0.1) is 5.56 Å². The number of benzene rings is 1. The summed E-state index contributed by atoms with van der Waals surface area (Å²) < 4.78 is 0.874. The van der Waals surface area contributed by atoms with Crippen molar-refractivity contribution in [1.29, 1.82) is 0 Å². The molecule has 1 heterocycles. The van der Waals surface area contributed by atoms with Gasteiger partial charge in [0, 0.05) is 30.7 Å². The SMILES string of the molecule is CN1CCN(C(=O)c2ccccc2Br)CC1. The van der Waals surface area contributed by atoms with Gasteiger partial charge in [0.2, 0.25) is 0 Å². The number of nitrogens with zero attached hydrogens (tertiary/aromatic N) is 2. The predicted molar refractivity (Wildman–Crippen MR) is 67.5 cm³/mol. The summed E-state index contributed by atoms with van der Waals surface area (Å²) in [6, 6.07) is 7.59. The first kappa shape index (κ1) is 11.6. The lowest BCUT2D eigenvalue weighted by molar-refractivity contribution is 0.0663. The molecule has 1 saturated heterocycles. The quantitative estimate of drug-likeness (QED) is 0.785. The van der Waals surface area contributed by atoms with Crippen molar-refractivity contribution in [2.45, 2.75) is 0 Å². The van der Waals surface area contributed by atoms with Crippen LogP contribution >= 0.6 is 15.9 Å². The van der Waals surface area contributed by atoms with Crippen molar-refractivity contribution in [3.8, 4) is 0 Å². The highest BCUT2D eigenvalue weighted by Crippen LogP contribution is 2.18. The van der Waals surface area contributed by atoms with E-state index in [9.17, 15) is 4.79 Å². The molecule has 2 rings (SSSR count). The van der Waals surface area contributed by atoms with Gasteiger partial charge in [-0.3, -0.25) is 4.79 Å². The molecule has 0 aromatic heterocycles. The lowest BCUT2D eigenvalue weighted by Crippen LogP contribution is -2.47. The van der Waals surface area contributed by atoms with Crippen molar-refractivity contribution in [3.05, 3.63) is 34.3 Å². The van der Waals surface area contributed by atoms with Gasteiger partial charge in [-0.1, -0.05) is 12.1 Å². The first-order valence-corrected chi connectivity index (χ1v) is 6.20. The van der Waals surface area contributed by atoms with E-state index in [4.69, 9.17) is 0 Å². The fourth-order valence-corrected chi connectivity index (χ4v) is 2.27. The van der Waals surface area contributed by atoms with Crippen LogP contribution in [-0.2, 0) is 0 Å². The summed E-state index contributed by atoms with van der Waals surface area (Å²) in [5, 5.41) is 0. The minimum Gasteiger partial charge on any atom is -0.336 e. The van der Waals surface area contributed by atoms with E-state index in [1.807, 2.05) is 29.2 Å². The molecule has 1 aliphatic rings. The molecular formula is C12H15BrN2O. The number of piperazine rings is 1. The predicted octanol–water partition coefficient (Wildman–Crippen LogP) is 1.84. The van der Waals surface area contributed by atoms with Gasteiger partial charge < -0.3 is 9.80 Å². The van der Waals surface area contributed by atoms with Crippen LogP contribution < -0.4 is 0 Å². The maximum atomic E-state index is 12.2. The van der Waals surface area contributed by atoms with E-state index < -0.39 is 0 Å². The van der Waals surface area contributed by atoms with Crippen LogP contribution in [0.1, 0.15) is 10.4 Å². The molecule has 0 saturated carbocycles. The Balaban J connectivity index is 2.11. The van der Waals surface area contributed by atoms with Crippen LogP contribution in [0.3, 0.4) is 0 Å². The van der Waals surface area contributed by atoms with Gasteiger partial charge in [0.15, 0.2) is 0 Å². The average Bonchev–Trinajstić information content (AvgIpc) is 2.30. The Morgan fingerprint density at radius 2 is 1.81 bits per heavy atom.